The van der Waals surface area contributed by atoms with Gasteiger partial charge in [0.1, 0.15) is 0 Å². The molecule has 0 amide bonds. The summed E-state index contributed by atoms with van der Waals surface area (Å²) < 4.78 is 5.00. The number of hydrogen-bond acceptors (Lipinski definition) is 5. The van der Waals surface area contributed by atoms with Crippen LogP contribution < -0.4 is 0 Å². The minimum absolute atomic E-state index is 0.0312. The number of carbonyl (C=O) groups is 2. The van der Waals surface area contributed by atoms with Crippen molar-refractivity contribution in [3.63, 3.8) is 0 Å². The van der Waals surface area contributed by atoms with Gasteiger partial charge >= 0.3 is 5.97 Å². The first-order chi connectivity index (χ1) is 11.5. The zero-order valence-corrected chi connectivity index (χ0v) is 13.7. The molecule has 120 valence electrons. The molecule has 24 heavy (non-hydrogen) atoms. The summed E-state index contributed by atoms with van der Waals surface area (Å²) in [5.74, 6) is -1.16. The van der Waals surface area contributed by atoms with Crippen LogP contribution in [0.3, 0.4) is 0 Å². The van der Waals surface area contributed by atoms with Crippen molar-refractivity contribution in [3.05, 3.63) is 70.0 Å². The second-order valence-electron chi connectivity index (χ2n) is 4.87. The van der Waals surface area contributed by atoms with Crippen LogP contribution in [0.25, 0.3) is 11.0 Å². The van der Waals surface area contributed by atoms with Gasteiger partial charge in [-0.25, -0.2) is 9.78 Å². The highest BCUT2D eigenvalue weighted by atomic mass is 35.5. The van der Waals surface area contributed by atoms with Gasteiger partial charge in [-0.2, -0.15) is 0 Å². The second kappa shape index (κ2) is 6.95. The summed E-state index contributed by atoms with van der Waals surface area (Å²) in [5, 5.41) is 0.619. The zero-order chi connectivity index (χ0) is 17.1. The summed E-state index contributed by atoms with van der Waals surface area (Å²) in [6, 6.07) is 11.6. The fraction of sp³-hybridized carbons (Fsp3) is 0.0588. The van der Waals surface area contributed by atoms with Crippen molar-refractivity contribution in [1.29, 1.82) is 0 Å². The van der Waals surface area contributed by atoms with E-state index in [9.17, 15) is 9.59 Å². The van der Waals surface area contributed by atoms with E-state index in [2.05, 4.69) is 9.97 Å². The van der Waals surface area contributed by atoms with Gasteiger partial charge in [-0.05, 0) is 30.3 Å². The van der Waals surface area contributed by atoms with E-state index in [1.807, 2.05) is 6.07 Å². The Balaban J connectivity index is 1.71. The van der Waals surface area contributed by atoms with Crippen LogP contribution in [0.5, 0.6) is 0 Å². The molecule has 0 saturated carbocycles. The minimum Gasteiger partial charge on any atom is -0.453 e. The van der Waals surface area contributed by atoms with Crippen molar-refractivity contribution >= 4 is 46.0 Å². The predicted molar refractivity (Wildman–Crippen MR) is 90.6 cm³/mol. The van der Waals surface area contributed by atoms with Crippen molar-refractivity contribution in [2.75, 3.05) is 6.61 Å². The maximum atomic E-state index is 12.1. The monoisotopic (exact) mass is 360 g/mol. The van der Waals surface area contributed by atoms with Crippen molar-refractivity contribution < 1.29 is 14.3 Å². The van der Waals surface area contributed by atoms with E-state index < -0.39 is 18.4 Å². The van der Waals surface area contributed by atoms with Crippen LogP contribution in [0.1, 0.15) is 20.8 Å². The SMILES string of the molecule is O=C(OCC(=O)c1ccc(Cl)cc1Cl)c1cnc2ccccc2n1. The average Bonchev–Trinajstić information content (AvgIpc) is 2.59. The Morgan fingerprint density at radius 3 is 2.54 bits per heavy atom. The van der Waals surface area contributed by atoms with Gasteiger partial charge in [0.15, 0.2) is 12.3 Å². The maximum absolute atomic E-state index is 12.1. The Bertz CT molecular complexity index is 944. The van der Waals surface area contributed by atoms with Crippen LogP contribution in [0.2, 0.25) is 10.0 Å². The summed E-state index contributed by atoms with van der Waals surface area (Å²) in [5.41, 5.74) is 1.50. The Kier molecular flexibility index (Phi) is 4.74. The summed E-state index contributed by atoms with van der Waals surface area (Å²) in [6.07, 6.45) is 1.31. The number of rotatable bonds is 4. The number of nitrogens with zero attached hydrogens (tertiary/aromatic N) is 2. The normalized spacial score (nSPS) is 10.6. The number of fused-ring (bicyclic) bond motifs is 1. The molecule has 1 heterocycles. The number of aromatic nitrogens is 2. The quantitative estimate of drug-likeness (QED) is 0.519. The largest absolute Gasteiger partial charge is 0.453 e. The molecule has 0 aliphatic carbocycles. The van der Waals surface area contributed by atoms with Crippen molar-refractivity contribution in [3.8, 4) is 0 Å². The molecule has 1 aromatic heterocycles. The molecule has 0 unspecified atom stereocenters. The van der Waals surface area contributed by atoms with Crippen LogP contribution in [0.4, 0.5) is 0 Å². The first-order valence-electron chi connectivity index (χ1n) is 6.92. The van der Waals surface area contributed by atoms with Gasteiger partial charge in [-0.3, -0.25) is 9.78 Å². The molecule has 0 aliphatic heterocycles. The van der Waals surface area contributed by atoms with E-state index in [1.54, 1.807) is 18.2 Å². The molecular weight excluding hydrogens is 351 g/mol. The van der Waals surface area contributed by atoms with Gasteiger partial charge in [-0.1, -0.05) is 35.3 Å². The standard InChI is InChI=1S/C17H10Cl2N2O3/c18-10-5-6-11(12(19)7-10)16(22)9-24-17(23)15-8-20-13-3-1-2-4-14(13)21-15/h1-8H,9H2. The molecule has 5 nitrogen and oxygen atoms in total. The lowest BCUT2D eigenvalue weighted by Crippen LogP contribution is -2.15. The average molecular weight is 361 g/mol. The lowest BCUT2D eigenvalue weighted by molar-refractivity contribution is 0.0469. The van der Waals surface area contributed by atoms with Gasteiger partial charge in [0.25, 0.3) is 0 Å². The number of ether oxygens (including phenoxy) is 1. The highest BCUT2D eigenvalue weighted by molar-refractivity contribution is 6.36. The van der Waals surface area contributed by atoms with Crippen molar-refractivity contribution in [1.82, 2.24) is 9.97 Å². The number of para-hydroxylation sites is 2. The van der Waals surface area contributed by atoms with Crippen LogP contribution in [-0.2, 0) is 4.74 Å². The van der Waals surface area contributed by atoms with E-state index in [0.29, 0.717) is 16.1 Å². The van der Waals surface area contributed by atoms with Gasteiger partial charge in [0.2, 0.25) is 5.78 Å². The molecule has 0 saturated heterocycles. The molecule has 0 fully saturated rings. The number of esters is 1. The first kappa shape index (κ1) is 16.4. The molecule has 0 radical (unpaired) electrons. The highest BCUT2D eigenvalue weighted by Crippen LogP contribution is 2.21. The van der Waals surface area contributed by atoms with Gasteiger partial charge in [0.05, 0.1) is 22.3 Å². The van der Waals surface area contributed by atoms with Crippen LogP contribution in [0, 0.1) is 0 Å². The number of benzene rings is 2. The Labute approximate surface area is 147 Å². The first-order valence-corrected chi connectivity index (χ1v) is 7.67. The summed E-state index contributed by atoms with van der Waals surface area (Å²) in [7, 11) is 0. The lowest BCUT2D eigenvalue weighted by atomic mass is 10.1. The topological polar surface area (TPSA) is 69.2 Å². The molecule has 3 aromatic rings. The third-order valence-corrected chi connectivity index (χ3v) is 3.77. The van der Waals surface area contributed by atoms with E-state index in [1.165, 1.54) is 24.4 Å². The lowest BCUT2D eigenvalue weighted by Gasteiger charge is -2.06. The highest BCUT2D eigenvalue weighted by Gasteiger charge is 2.16. The molecule has 0 N–H and O–H groups in total. The number of Topliss-reactive ketones (excluding diaryl/α,β-unsaturated/α-hetero) is 1. The minimum atomic E-state index is -0.730. The third-order valence-electron chi connectivity index (χ3n) is 3.22. The Morgan fingerprint density at radius 2 is 1.79 bits per heavy atom. The molecular formula is C17H10Cl2N2O3. The molecule has 0 bridgehead atoms. The number of carbonyl (C=O) groups excluding carboxylic acids is 2. The molecule has 0 spiro atoms. The fourth-order valence-corrected chi connectivity index (χ4v) is 2.57. The number of ketones is 1. The van der Waals surface area contributed by atoms with Crippen molar-refractivity contribution in [2.24, 2.45) is 0 Å². The van der Waals surface area contributed by atoms with E-state index in [-0.39, 0.29) is 16.3 Å². The molecule has 0 atom stereocenters. The maximum Gasteiger partial charge on any atom is 0.359 e. The van der Waals surface area contributed by atoms with Crippen LogP contribution in [0.15, 0.2) is 48.7 Å². The zero-order valence-electron chi connectivity index (χ0n) is 12.2. The predicted octanol–water partition coefficient (Wildman–Crippen LogP) is 3.98. The summed E-state index contributed by atoms with van der Waals surface area (Å²) >= 11 is 11.7. The fourth-order valence-electron chi connectivity index (χ4n) is 2.05. The smallest absolute Gasteiger partial charge is 0.359 e. The van der Waals surface area contributed by atoms with E-state index >= 15 is 0 Å². The van der Waals surface area contributed by atoms with Gasteiger partial charge in [0, 0.05) is 10.6 Å². The number of halogens is 2. The molecule has 3 rings (SSSR count). The molecule has 7 heteroatoms. The van der Waals surface area contributed by atoms with E-state index in [0.717, 1.165) is 0 Å². The van der Waals surface area contributed by atoms with E-state index in [4.69, 9.17) is 27.9 Å². The Morgan fingerprint density at radius 1 is 1.04 bits per heavy atom. The molecule has 2 aromatic carbocycles. The van der Waals surface area contributed by atoms with Crippen LogP contribution in [-0.4, -0.2) is 28.3 Å². The summed E-state index contributed by atoms with van der Waals surface area (Å²) in [4.78, 5) is 32.4. The summed E-state index contributed by atoms with van der Waals surface area (Å²) in [6.45, 7) is -0.450. The van der Waals surface area contributed by atoms with Gasteiger partial charge < -0.3 is 4.74 Å². The third kappa shape index (κ3) is 3.53. The Hall–Kier alpha value is -2.50. The van der Waals surface area contributed by atoms with Gasteiger partial charge in [-0.15, -0.1) is 0 Å². The van der Waals surface area contributed by atoms with Crippen LogP contribution >= 0.6 is 23.2 Å². The number of hydrogen-bond donors (Lipinski definition) is 0. The second-order valence-corrected chi connectivity index (χ2v) is 5.71. The molecule has 0 aliphatic rings. The van der Waals surface area contributed by atoms with Crippen molar-refractivity contribution in [2.45, 2.75) is 0 Å².